The quantitative estimate of drug-likeness (QED) is 0.635. The molecule has 0 aliphatic heterocycles. The van der Waals surface area contributed by atoms with Gasteiger partial charge in [0, 0.05) is 28.5 Å². The van der Waals surface area contributed by atoms with Crippen LogP contribution < -0.4 is 10.7 Å². The fraction of sp³-hybridized carbons (Fsp3) is 0.304. The number of rotatable bonds is 5. The highest BCUT2D eigenvalue weighted by Gasteiger charge is 2.21. The minimum atomic E-state index is -0.435. The molecule has 4 rings (SSSR count). The Kier molecular flexibility index (Phi) is 5.68. The molecule has 2 heterocycles. The van der Waals surface area contributed by atoms with Crippen LogP contribution in [0.2, 0.25) is 5.02 Å². The molecule has 0 bridgehead atoms. The van der Waals surface area contributed by atoms with Crippen molar-refractivity contribution in [2.24, 2.45) is 0 Å². The second-order valence-corrected chi connectivity index (χ2v) is 8.15. The molecule has 1 amide bonds. The van der Waals surface area contributed by atoms with Crippen LogP contribution in [0.1, 0.15) is 47.3 Å². The summed E-state index contributed by atoms with van der Waals surface area (Å²) < 4.78 is 1.59. The van der Waals surface area contributed by atoms with Gasteiger partial charge in [-0.1, -0.05) is 36.6 Å². The van der Waals surface area contributed by atoms with E-state index in [9.17, 15) is 14.4 Å². The van der Waals surface area contributed by atoms with Gasteiger partial charge in [-0.3, -0.25) is 14.4 Å². The van der Waals surface area contributed by atoms with E-state index in [0.29, 0.717) is 21.6 Å². The first-order chi connectivity index (χ1) is 14.4. The van der Waals surface area contributed by atoms with E-state index in [4.69, 9.17) is 11.6 Å². The zero-order valence-corrected chi connectivity index (χ0v) is 17.4. The number of fused-ring (bicyclic) bond motifs is 1. The van der Waals surface area contributed by atoms with Crippen LogP contribution in [-0.2, 0) is 11.3 Å². The molecule has 1 aliphatic carbocycles. The second kappa shape index (κ2) is 8.40. The van der Waals surface area contributed by atoms with Crippen molar-refractivity contribution in [1.82, 2.24) is 14.9 Å². The van der Waals surface area contributed by atoms with Gasteiger partial charge in [0.25, 0.3) is 0 Å². The molecule has 3 aromatic rings. The van der Waals surface area contributed by atoms with E-state index in [1.807, 2.05) is 6.92 Å². The van der Waals surface area contributed by atoms with Gasteiger partial charge >= 0.3 is 0 Å². The molecule has 2 aromatic heterocycles. The molecule has 1 N–H and O–H groups in total. The topological polar surface area (TPSA) is 81.1 Å². The van der Waals surface area contributed by atoms with Gasteiger partial charge in [-0.2, -0.15) is 0 Å². The number of benzene rings is 1. The van der Waals surface area contributed by atoms with Crippen LogP contribution in [0.4, 0.5) is 0 Å². The lowest BCUT2D eigenvalue weighted by Gasteiger charge is -2.15. The standard InChI is InChI=1S/C23H22ClN3O3/c1-14-9-10-18-22(30)19(21(29)15-5-4-6-16(24)11-15)12-27(23(18)25-14)13-20(28)26-17-7-2-3-8-17/h4-6,9-12,17H,2-3,7-8,13H2,1H3,(H,26,28). The van der Waals surface area contributed by atoms with Gasteiger partial charge in [-0.15, -0.1) is 0 Å². The molecule has 6 nitrogen and oxygen atoms in total. The molecule has 0 unspecified atom stereocenters. The third-order valence-electron chi connectivity index (χ3n) is 5.43. The van der Waals surface area contributed by atoms with Crippen molar-refractivity contribution in [3.63, 3.8) is 0 Å². The van der Waals surface area contributed by atoms with E-state index < -0.39 is 11.2 Å². The number of pyridine rings is 2. The Bertz CT molecular complexity index is 1200. The maximum Gasteiger partial charge on any atom is 0.240 e. The smallest absolute Gasteiger partial charge is 0.240 e. The third kappa shape index (κ3) is 4.14. The number of nitrogens with zero attached hydrogens (tertiary/aromatic N) is 2. The Morgan fingerprint density at radius 2 is 1.97 bits per heavy atom. The van der Waals surface area contributed by atoms with E-state index in [1.165, 1.54) is 12.3 Å². The number of carbonyl (C=O) groups excluding carboxylic acids is 2. The fourth-order valence-electron chi connectivity index (χ4n) is 3.93. The van der Waals surface area contributed by atoms with E-state index >= 15 is 0 Å². The van der Waals surface area contributed by atoms with Crippen LogP contribution in [0.5, 0.6) is 0 Å². The predicted octanol–water partition coefficient (Wildman–Crippen LogP) is 3.65. The average molecular weight is 424 g/mol. The van der Waals surface area contributed by atoms with Gasteiger partial charge in [0.05, 0.1) is 10.9 Å². The third-order valence-corrected chi connectivity index (χ3v) is 5.66. The molecular formula is C23H22ClN3O3. The lowest BCUT2D eigenvalue weighted by Crippen LogP contribution is -2.35. The van der Waals surface area contributed by atoms with Crippen molar-refractivity contribution in [3.05, 3.63) is 74.7 Å². The molecule has 154 valence electrons. The van der Waals surface area contributed by atoms with Crippen molar-refractivity contribution >= 4 is 34.3 Å². The number of ketones is 1. The highest BCUT2D eigenvalue weighted by Crippen LogP contribution is 2.19. The molecular weight excluding hydrogens is 402 g/mol. The summed E-state index contributed by atoms with van der Waals surface area (Å²) in [6.07, 6.45) is 5.63. The normalized spacial score (nSPS) is 14.2. The van der Waals surface area contributed by atoms with E-state index in [1.54, 1.807) is 34.9 Å². The van der Waals surface area contributed by atoms with Gasteiger partial charge in [-0.05, 0) is 44.0 Å². The summed E-state index contributed by atoms with van der Waals surface area (Å²) in [5.74, 6) is -0.591. The number of hydrogen-bond acceptors (Lipinski definition) is 4. The summed E-state index contributed by atoms with van der Waals surface area (Å²) in [5, 5.41) is 3.76. The first-order valence-electron chi connectivity index (χ1n) is 10.0. The zero-order valence-electron chi connectivity index (χ0n) is 16.7. The van der Waals surface area contributed by atoms with Gasteiger partial charge in [0.1, 0.15) is 12.2 Å². The number of aryl methyl sites for hydroxylation is 1. The highest BCUT2D eigenvalue weighted by atomic mass is 35.5. The lowest BCUT2D eigenvalue weighted by atomic mass is 10.0. The molecule has 1 fully saturated rings. The summed E-state index contributed by atoms with van der Waals surface area (Å²) in [4.78, 5) is 43.2. The van der Waals surface area contributed by atoms with Crippen LogP contribution >= 0.6 is 11.6 Å². The number of nitrogens with one attached hydrogen (secondary N) is 1. The van der Waals surface area contributed by atoms with Crippen LogP contribution in [0, 0.1) is 6.92 Å². The van der Waals surface area contributed by atoms with Crippen molar-refractivity contribution in [3.8, 4) is 0 Å². The van der Waals surface area contributed by atoms with Crippen molar-refractivity contribution in [2.45, 2.75) is 45.2 Å². The fourth-order valence-corrected chi connectivity index (χ4v) is 4.12. The van der Waals surface area contributed by atoms with Crippen molar-refractivity contribution in [1.29, 1.82) is 0 Å². The van der Waals surface area contributed by atoms with Crippen molar-refractivity contribution < 1.29 is 9.59 Å². The number of halogens is 1. The molecule has 30 heavy (non-hydrogen) atoms. The maximum absolute atomic E-state index is 13.1. The van der Waals surface area contributed by atoms with Gasteiger partial charge in [0.2, 0.25) is 11.3 Å². The molecule has 0 atom stereocenters. The number of aromatic nitrogens is 2. The summed E-state index contributed by atoms with van der Waals surface area (Å²) in [6.45, 7) is 1.80. The molecule has 1 aliphatic rings. The van der Waals surface area contributed by atoms with E-state index in [0.717, 1.165) is 31.4 Å². The van der Waals surface area contributed by atoms with Crippen LogP contribution in [0.25, 0.3) is 11.0 Å². The minimum absolute atomic E-state index is 0.0101. The largest absolute Gasteiger partial charge is 0.352 e. The Hall–Kier alpha value is -2.99. The van der Waals surface area contributed by atoms with Crippen LogP contribution in [0.3, 0.4) is 0 Å². The first kappa shape index (κ1) is 20.3. The SMILES string of the molecule is Cc1ccc2c(=O)c(C(=O)c3cccc(Cl)c3)cn(CC(=O)NC3CCCC3)c2n1. The highest BCUT2D eigenvalue weighted by molar-refractivity contribution is 6.31. The first-order valence-corrected chi connectivity index (χ1v) is 10.4. The van der Waals surface area contributed by atoms with Crippen molar-refractivity contribution in [2.75, 3.05) is 0 Å². The maximum atomic E-state index is 13.1. The molecule has 0 radical (unpaired) electrons. The number of amides is 1. The summed E-state index contributed by atoms with van der Waals surface area (Å²) in [6, 6.07) is 10.0. The Morgan fingerprint density at radius 1 is 1.20 bits per heavy atom. The Balaban J connectivity index is 1.77. The Labute approximate surface area is 178 Å². The molecule has 0 saturated heterocycles. The summed E-state index contributed by atoms with van der Waals surface area (Å²) in [7, 11) is 0. The summed E-state index contributed by atoms with van der Waals surface area (Å²) >= 11 is 6.01. The zero-order chi connectivity index (χ0) is 21.3. The van der Waals surface area contributed by atoms with E-state index in [-0.39, 0.29) is 24.1 Å². The molecule has 1 aromatic carbocycles. The van der Waals surface area contributed by atoms with Gasteiger partial charge in [0.15, 0.2) is 5.78 Å². The lowest BCUT2D eigenvalue weighted by molar-refractivity contribution is -0.122. The van der Waals surface area contributed by atoms with Crippen LogP contribution in [0.15, 0.2) is 47.4 Å². The molecule has 0 spiro atoms. The average Bonchev–Trinajstić information content (AvgIpc) is 3.22. The summed E-state index contributed by atoms with van der Waals surface area (Å²) in [5.41, 5.74) is 1.02. The van der Waals surface area contributed by atoms with Crippen LogP contribution in [-0.4, -0.2) is 27.3 Å². The number of hydrogen-bond donors (Lipinski definition) is 1. The predicted molar refractivity (Wildman–Crippen MR) is 116 cm³/mol. The molecule has 7 heteroatoms. The monoisotopic (exact) mass is 423 g/mol. The Morgan fingerprint density at radius 3 is 2.70 bits per heavy atom. The minimum Gasteiger partial charge on any atom is -0.352 e. The van der Waals surface area contributed by atoms with E-state index in [2.05, 4.69) is 10.3 Å². The molecule has 1 saturated carbocycles. The second-order valence-electron chi connectivity index (χ2n) is 7.71. The van der Waals surface area contributed by atoms with Gasteiger partial charge in [-0.25, -0.2) is 4.98 Å². The number of carbonyl (C=O) groups is 2. The van der Waals surface area contributed by atoms with Gasteiger partial charge < -0.3 is 9.88 Å².